The fraction of sp³-hybridized carbons (Fsp3) is 0. The summed E-state index contributed by atoms with van der Waals surface area (Å²) in [5.74, 6) is 1.30. The topological polar surface area (TPSA) is 103 Å². The van der Waals surface area contributed by atoms with Gasteiger partial charge in [0.05, 0.1) is 34.2 Å². The Morgan fingerprint density at radius 2 is 0.611 bits per heavy atom. The molecule has 54 heavy (non-hydrogen) atoms. The van der Waals surface area contributed by atoms with E-state index in [1.54, 1.807) is 12.4 Å². The molecule has 0 unspecified atom stereocenters. The molecule has 0 radical (unpaired) electrons. The first-order valence-corrected chi connectivity index (χ1v) is 17.5. The van der Waals surface area contributed by atoms with Gasteiger partial charge in [0.15, 0.2) is 11.6 Å². The third-order valence-electron chi connectivity index (χ3n) is 9.03. The van der Waals surface area contributed by atoms with E-state index in [9.17, 15) is 0 Å². The first-order valence-electron chi connectivity index (χ1n) is 17.5. The number of rotatable bonds is 8. The quantitative estimate of drug-likeness (QED) is 0.155. The minimum Gasteiger partial charge on any atom is -0.264 e. The van der Waals surface area contributed by atoms with Crippen molar-refractivity contribution >= 4 is 0 Å². The van der Waals surface area contributed by atoms with Gasteiger partial charge in [0.2, 0.25) is 0 Å². The van der Waals surface area contributed by atoms with Crippen LogP contribution in [-0.4, -0.2) is 39.9 Å². The van der Waals surface area contributed by atoms with Crippen LogP contribution in [0.15, 0.2) is 183 Å². The molecule has 0 aliphatic carbocycles. The molecule has 9 aromatic rings. The van der Waals surface area contributed by atoms with Crippen LogP contribution in [0.3, 0.4) is 0 Å². The molecule has 9 rings (SSSR count). The van der Waals surface area contributed by atoms with Crippen LogP contribution in [0.25, 0.3) is 90.3 Å². The van der Waals surface area contributed by atoms with Crippen LogP contribution in [0.5, 0.6) is 0 Å². The second-order valence-corrected chi connectivity index (χ2v) is 12.6. The molecule has 254 valence electrons. The smallest absolute Gasteiger partial charge is 0.160 e. The lowest BCUT2D eigenvalue weighted by molar-refractivity contribution is 1.17. The third kappa shape index (κ3) is 6.87. The third-order valence-corrected chi connectivity index (χ3v) is 9.03. The fourth-order valence-electron chi connectivity index (χ4n) is 6.19. The minimum atomic E-state index is 0.650. The van der Waals surface area contributed by atoms with Gasteiger partial charge in [-0.2, -0.15) is 0 Å². The van der Waals surface area contributed by atoms with Crippen molar-refractivity contribution in [3.8, 4) is 90.3 Å². The van der Waals surface area contributed by atoms with Gasteiger partial charge in [-0.3, -0.25) is 19.9 Å². The summed E-state index contributed by atoms with van der Waals surface area (Å²) in [6.07, 6.45) is 10.9. The van der Waals surface area contributed by atoms with Crippen molar-refractivity contribution in [1.29, 1.82) is 0 Å². The van der Waals surface area contributed by atoms with Crippen LogP contribution >= 0.6 is 0 Å². The average Bonchev–Trinajstić information content (AvgIpc) is 3.27. The molecule has 8 heteroatoms. The van der Waals surface area contributed by atoms with E-state index in [-0.39, 0.29) is 0 Å². The highest BCUT2D eigenvalue weighted by Gasteiger charge is 2.14. The van der Waals surface area contributed by atoms with Crippen molar-refractivity contribution in [3.05, 3.63) is 183 Å². The molecule has 3 aromatic carbocycles. The number of aromatic nitrogens is 8. The number of hydrogen-bond donors (Lipinski definition) is 0. The van der Waals surface area contributed by atoms with Crippen LogP contribution in [0.1, 0.15) is 0 Å². The number of nitrogens with zero attached hydrogens (tertiary/aromatic N) is 8. The lowest BCUT2D eigenvalue weighted by Crippen LogP contribution is -1.96. The summed E-state index contributed by atoms with van der Waals surface area (Å²) >= 11 is 0. The second kappa shape index (κ2) is 14.6. The Labute approximate surface area is 312 Å². The maximum absolute atomic E-state index is 4.92. The maximum atomic E-state index is 4.92. The summed E-state index contributed by atoms with van der Waals surface area (Å²) in [6, 6.07) is 48.2. The monoisotopic (exact) mass is 694 g/mol. The summed E-state index contributed by atoms with van der Waals surface area (Å²) in [5, 5.41) is 0. The van der Waals surface area contributed by atoms with E-state index in [1.807, 2.05) is 134 Å². The molecule has 8 nitrogen and oxygen atoms in total. The molecule has 0 aliphatic heterocycles. The summed E-state index contributed by atoms with van der Waals surface area (Å²) in [4.78, 5) is 37.8. The van der Waals surface area contributed by atoms with E-state index in [1.165, 1.54) is 0 Å². The Hall–Kier alpha value is -7.58. The van der Waals surface area contributed by atoms with Crippen molar-refractivity contribution in [1.82, 2.24) is 39.9 Å². The Balaban J connectivity index is 0.968. The molecule has 0 fully saturated rings. The summed E-state index contributed by atoms with van der Waals surface area (Å²) < 4.78 is 0. The van der Waals surface area contributed by atoms with Gasteiger partial charge in [0.1, 0.15) is 0 Å². The highest BCUT2D eigenvalue weighted by atomic mass is 14.9. The largest absolute Gasteiger partial charge is 0.264 e. The first kappa shape index (κ1) is 32.3. The van der Waals surface area contributed by atoms with Crippen molar-refractivity contribution in [2.75, 3.05) is 0 Å². The van der Waals surface area contributed by atoms with Gasteiger partial charge in [-0.25, -0.2) is 19.9 Å². The van der Waals surface area contributed by atoms with Gasteiger partial charge >= 0.3 is 0 Å². The SMILES string of the molecule is c1ccc(-c2nc(-c3cccnc3)cc(-c3ccc(-c4ccc(-c5ccc(-c6cc(-c7cccnc7)nc(-c7ccccc7)n6)cn5)cc4)nc3)n2)cc1. The lowest BCUT2D eigenvalue weighted by Gasteiger charge is -2.10. The van der Waals surface area contributed by atoms with Gasteiger partial charge in [0.25, 0.3) is 0 Å². The zero-order chi connectivity index (χ0) is 36.1. The average molecular weight is 695 g/mol. The molecular formula is C46H30N8. The van der Waals surface area contributed by atoms with E-state index in [2.05, 4.69) is 46.4 Å². The van der Waals surface area contributed by atoms with E-state index in [0.29, 0.717) is 11.6 Å². The van der Waals surface area contributed by atoms with Crippen molar-refractivity contribution in [3.63, 3.8) is 0 Å². The minimum absolute atomic E-state index is 0.650. The van der Waals surface area contributed by atoms with Gasteiger partial charge in [0, 0.05) is 81.7 Å². The van der Waals surface area contributed by atoms with Crippen LogP contribution in [-0.2, 0) is 0 Å². The molecule has 0 aliphatic rings. The van der Waals surface area contributed by atoms with Crippen molar-refractivity contribution in [2.24, 2.45) is 0 Å². The molecule has 6 heterocycles. The number of benzene rings is 3. The number of pyridine rings is 4. The first-order chi connectivity index (χ1) is 26.7. The summed E-state index contributed by atoms with van der Waals surface area (Å²) in [5.41, 5.74) is 12.5. The van der Waals surface area contributed by atoms with Gasteiger partial charge in [-0.05, 0) is 60.7 Å². The second-order valence-electron chi connectivity index (χ2n) is 12.6. The normalized spacial score (nSPS) is 11.0. The Morgan fingerprint density at radius 1 is 0.259 bits per heavy atom. The molecule has 6 aromatic heterocycles. The van der Waals surface area contributed by atoms with Crippen LogP contribution < -0.4 is 0 Å². The van der Waals surface area contributed by atoms with Crippen LogP contribution in [0.2, 0.25) is 0 Å². The van der Waals surface area contributed by atoms with E-state index in [0.717, 1.165) is 78.7 Å². The molecule has 0 atom stereocenters. The molecule has 0 amide bonds. The zero-order valence-corrected chi connectivity index (χ0v) is 28.9. The Bertz CT molecular complexity index is 2350. The van der Waals surface area contributed by atoms with Gasteiger partial charge in [-0.1, -0.05) is 84.9 Å². The van der Waals surface area contributed by atoms with E-state index < -0.39 is 0 Å². The fourth-order valence-corrected chi connectivity index (χ4v) is 6.19. The highest BCUT2D eigenvalue weighted by molar-refractivity contribution is 5.75. The van der Waals surface area contributed by atoms with Crippen molar-refractivity contribution < 1.29 is 0 Å². The maximum Gasteiger partial charge on any atom is 0.160 e. The summed E-state index contributed by atoms with van der Waals surface area (Å²) in [7, 11) is 0. The molecule has 0 bridgehead atoms. The predicted octanol–water partition coefficient (Wildman–Crippen LogP) is 10.2. The Morgan fingerprint density at radius 3 is 0.944 bits per heavy atom. The summed E-state index contributed by atoms with van der Waals surface area (Å²) in [6.45, 7) is 0. The van der Waals surface area contributed by atoms with Crippen LogP contribution in [0, 0.1) is 0 Å². The van der Waals surface area contributed by atoms with Gasteiger partial charge < -0.3 is 0 Å². The zero-order valence-electron chi connectivity index (χ0n) is 28.9. The van der Waals surface area contributed by atoms with E-state index >= 15 is 0 Å². The molecule has 0 N–H and O–H groups in total. The van der Waals surface area contributed by atoms with Gasteiger partial charge in [-0.15, -0.1) is 0 Å². The molecule has 0 spiro atoms. The molecular weight excluding hydrogens is 665 g/mol. The molecule has 0 saturated carbocycles. The van der Waals surface area contributed by atoms with Crippen molar-refractivity contribution in [2.45, 2.75) is 0 Å². The van der Waals surface area contributed by atoms with Crippen LogP contribution in [0.4, 0.5) is 0 Å². The Kier molecular flexibility index (Phi) is 8.73. The predicted molar refractivity (Wildman–Crippen MR) is 212 cm³/mol. The number of hydrogen-bond acceptors (Lipinski definition) is 8. The van der Waals surface area contributed by atoms with E-state index in [4.69, 9.17) is 29.9 Å². The highest BCUT2D eigenvalue weighted by Crippen LogP contribution is 2.31. The lowest BCUT2D eigenvalue weighted by atomic mass is 10.0. The standard InChI is InChI=1S/C46H30N8/c1-3-9-33(10-4-1)45-51-41(35-13-7-23-47-27-35)25-43(53-45)37-19-21-39(49-29-37)31-15-17-32(18-16-31)40-22-20-38(30-50-40)44-26-42(36-14-8-24-48-28-36)52-46(54-44)34-11-5-2-6-12-34/h1-30H. The molecule has 0 saturated heterocycles.